The van der Waals surface area contributed by atoms with Crippen molar-refractivity contribution in [1.29, 1.82) is 5.26 Å². The number of alkyl halides is 2. The van der Waals surface area contributed by atoms with Gasteiger partial charge in [-0.05, 0) is 18.2 Å². The molecule has 11 heteroatoms. The predicted octanol–water partition coefficient (Wildman–Crippen LogP) is 2.48. The molecule has 0 spiro atoms. The number of likely N-dealkylation sites (tertiary alicyclic amines) is 1. The van der Waals surface area contributed by atoms with E-state index in [1.165, 1.54) is 29.1 Å². The van der Waals surface area contributed by atoms with Gasteiger partial charge in [0.25, 0.3) is 11.8 Å². The summed E-state index contributed by atoms with van der Waals surface area (Å²) in [6.45, 7) is -0.149. The Hall–Kier alpha value is -3.94. The molecule has 0 unspecified atom stereocenters. The lowest BCUT2D eigenvalue weighted by molar-refractivity contribution is -0.0496. The second-order valence-corrected chi connectivity index (χ2v) is 6.92. The minimum Gasteiger partial charge on any atom is -0.481 e. The first kappa shape index (κ1) is 20.3. The van der Waals surface area contributed by atoms with Gasteiger partial charge in [0, 0.05) is 38.2 Å². The molecule has 0 N–H and O–H groups in total. The molecular formula is C20H17F2N7O2. The second-order valence-electron chi connectivity index (χ2n) is 6.92. The van der Waals surface area contributed by atoms with E-state index in [-0.39, 0.29) is 24.7 Å². The number of halogens is 2. The molecule has 1 saturated heterocycles. The molecule has 1 fully saturated rings. The van der Waals surface area contributed by atoms with Crippen molar-refractivity contribution in [1.82, 2.24) is 29.6 Å². The van der Waals surface area contributed by atoms with Crippen molar-refractivity contribution >= 4 is 5.91 Å². The summed E-state index contributed by atoms with van der Waals surface area (Å²) < 4.78 is 33.4. The third-order valence-electron chi connectivity index (χ3n) is 4.88. The van der Waals surface area contributed by atoms with Crippen LogP contribution in [0.3, 0.4) is 0 Å². The number of rotatable bonds is 4. The van der Waals surface area contributed by atoms with Gasteiger partial charge in [-0.1, -0.05) is 0 Å². The van der Waals surface area contributed by atoms with Crippen LogP contribution in [0.15, 0.2) is 36.7 Å². The zero-order chi connectivity index (χ0) is 22.0. The first-order chi connectivity index (χ1) is 14.9. The smallest absolute Gasteiger partial charge is 0.293 e. The molecule has 3 aromatic rings. The number of nitrogens with zero attached hydrogens (tertiary/aromatic N) is 7. The first-order valence-corrected chi connectivity index (χ1v) is 9.41. The van der Waals surface area contributed by atoms with Crippen molar-refractivity contribution in [2.75, 3.05) is 20.2 Å². The fourth-order valence-corrected chi connectivity index (χ4v) is 3.14. The summed E-state index contributed by atoms with van der Waals surface area (Å²) in [5, 5.41) is 13.3. The van der Waals surface area contributed by atoms with Crippen LogP contribution in [0, 0.1) is 11.3 Å². The highest BCUT2D eigenvalue weighted by Gasteiger charge is 2.37. The Morgan fingerprint density at radius 2 is 1.94 bits per heavy atom. The molecule has 31 heavy (non-hydrogen) atoms. The van der Waals surface area contributed by atoms with Crippen molar-refractivity contribution in [3.8, 4) is 29.2 Å². The second kappa shape index (κ2) is 8.06. The zero-order valence-electron chi connectivity index (χ0n) is 16.5. The van der Waals surface area contributed by atoms with Crippen LogP contribution in [0.2, 0.25) is 0 Å². The summed E-state index contributed by atoms with van der Waals surface area (Å²) >= 11 is 0. The number of carbonyl (C=O) groups excluding carboxylic acids is 1. The molecule has 9 nitrogen and oxygen atoms in total. The predicted molar refractivity (Wildman–Crippen MR) is 104 cm³/mol. The monoisotopic (exact) mass is 425 g/mol. The van der Waals surface area contributed by atoms with Crippen molar-refractivity contribution in [3.05, 3.63) is 48.0 Å². The van der Waals surface area contributed by atoms with Gasteiger partial charge < -0.3 is 9.64 Å². The Kier molecular flexibility index (Phi) is 5.29. The summed E-state index contributed by atoms with van der Waals surface area (Å²) in [6, 6.07) is 8.46. The third-order valence-corrected chi connectivity index (χ3v) is 4.88. The molecule has 0 saturated carbocycles. The number of aromatic nitrogens is 5. The maximum atomic E-state index is 13.5. The van der Waals surface area contributed by atoms with Gasteiger partial charge in [-0.25, -0.2) is 23.4 Å². The van der Waals surface area contributed by atoms with Crippen molar-refractivity contribution in [2.24, 2.45) is 0 Å². The van der Waals surface area contributed by atoms with E-state index in [1.54, 1.807) is 24.3 Å². The lowest BCUT2D eigenvalue weighted by atomic mass is 10.1. The van der Waals surface area contributed by atoms with Crippen LogP contribution in [0.1, 0.15) is 29.0 Å². The molecular weight excluding hydrogens is 408 g/mol. The van der Waals surface area contributed by atoms with Gasteiger partial charge >= 0.3 is 0 Å². The van der Waals surface area contributed by atoms with E-state index in [9.17, 15) is 13.6 Å². The summed E-state index contributed by atoms with van der Waals surface area (Å²) in [6.07, 6.45) is 2.09. The van der Waals surface area contributed by atoms with Crippen molar-refractivity contribution in [3.63, 3.8) is 0 Å². The third kappa shape index (κ3) is 4.18. The maximum Gasteiger partial charge on any atom is 0.293 e. The SMILES string of the molecule is COc1ccc(-n2nc(C(=O)N3CCC(F)(F)CC3)nc2-c2ccc(C#N)cn2)cn1. The van der Waals surface area contributed by atoms with Crippen LogP contribution in [-0.2, 0) is 0 Å². The van der Waals surface area contributed by atoms with Crippen LogP contribution in [0.25, 0.3) is 17.2 Å². The van der Waals surface area contributed by atoms with E-state index in [2.05, 4.69) is 20.1 Å². The molecule has 1 aliphatic rings. The average molecular weight is 425 g/mol. The number of hydrogen-bond acceptors (Lipinski definition) is 7. The van der Waals surface area contributed by atoms with Crippen molar-refractivity contribution < 1.29 is 18.3 Å². The fourth-order valence-electron chi connectivity index (χ4n) is 3.14. The lowest BCUT2D eigenvalue weighted by Gasteiger charge is -2.30. The highest BCUT2D eigenvalue weighted by atomic mass is 19.3. The minimum atomic E-state index is -2.77. The maximum absolute atomic E-state index is 13.5. The van der Waals surface area contributed by atoms with Gasteiger partial charge in [-0.3, -0.25) is 9.78 Å². The average Bonchev–Trinajstić information content (AvgIpc) is 3.24. The molecule has 4 rings (SSSR count). The number of hydrogen-bond donors (Lipinski definition) is 0. The summed E-state index contributed by atoms with van der Waals surface area (Å²) in [5.41, 5.74) is 1.25. The van der Waals surface area contributed by atoms with Gasteiger partial charge in [0.15, 0.2) is 5.82 Å². The number of ether oxygens (including phenoxy) is 1. The Morgan fingerprint density at radius 3 is 2.52 bits per heavy atom. The van der Waals surface area contributed by atoms with Gasteiger partial charge in [0.1, 0.15) is 11.8 Å². The Labute approximate surface area is 175 Å². The van der Waals surface area contributed by atoms with E-state index in [0.29, 0.717) is 22.8 Å². The zero-order valence-corrected chi connectivity index (χ0v) is 16.5. The fraction of sp³-hybridized carbons (Fsp3) is 0.300. The normalized spacial score (nSPS) is 15.4. The Balaban J connectivity index is 1.72. The minimum absolute atomic E-state index is 0.0745. The highest BCUT2D eigenvalue weighted by molar-refractivity contribution is 5.91. The quantitative estimate of drug-likeness (QED) is 0.632. The Bertz CT molecular complexity index is 1130. The van der Waals surface area contributed by atoms with Gasteiger partial charge in [-0.15, -0.1) is 5.10 Å². The lowest BCUT2D eigenvalue weighted by Crippen LogP contribution is -2.43. The number of carbonyl (C=O) groups is 1. The summed E-state index contributed by atoms with van der Waals surface area (Å²) in [4.78, 5) is 26.9. The summed E-state index contributed by atoms with van der Waals surface area (Å²) in [7, 11) is 1.49. The van der Waals surface area contributed by atoms with Crippen LogP contribution in [-0.4, -0.2) is 61.7 Å². The number of nitriles is 1. The molecule has 1 amide bonds. The van der Waals surface area contributed by atoms with Crippen LogP contribution in [0.4, 0.5) is 8.78 Å². The standard InChI is InChI=1S/C20H17F2N7O2/c1-31-16-5-3-14(12-25-16)29-18(15-4-2-13(10-23)11-24-15)26-17(27-29)19(30)28-8-6-20(21,22)7-9-28/h2-5,11-12H,6-9H2,1H3. The molecule has 158 valence electrons. The largest absolute Gasteiger partial charge is 0.481 e. The van der Waals surface area contributed by atoms with Gasteiger partial charge in [-0.2, -0.15) is 5.26 Å². The van der Waals surface area contributed by atoms with E-state index in [0.717, 1.165) is 0 Å². The highest BCUT2D eigenvalue weighted by Crippen LogP contribution is 2.28. The summed E-state index contributed by atoms with van der Waals surface area (Å²) in [5.74, 6) is -2.79. The van der Waals surface area contributed by atoms with E-state index >= 15 is 0 Å². The molecule has 0 radical (unpaired) electrons. The first-order valence-electron chi connectivity index (χ1n) is 9.41. The molecule has 1 aliphatic heterocycles. The van der Waals surface area contributed by atoms with Crippen LogP contribution < -0.4 is 4.74 Å². The number of amides is 1. The van der Waals surface area contributed by atoms with Gasteiger partial charge in [0.2, 0.25) is 11.7 Å². The van der Waals surface area contributed by atoms with Crippen molar-refractivity contribution in [2.45, 2.75) is 18.8 Å². The van der Waals surface area contributed by atoms with E-state index < -0.39 is 24.7 Å². The molecule has 0 aliphatic carbocycles. The molecule has 3 aromatic heterocycles. The molecule has 0 aromatic carbocycles. The van der Waals surface area contributed by atoms with E-state index in [4.69, 9.17) is 10.00 Å². The molecule has 0 bridgehead atoms. The number of pyridine rings is 2. The van der Waals surface area contributed by atoms with Crippen LogP contribution >= 0.6 is 0 Å². The molecule has 0 atom stereocenters. The topological polar surface area (TPSA) is 110 Å². The number of methoxy groups -OCH3 is 1. The molecule has 4 heterocycles. The van der Waals surface area contributed by atoms with Gasteiger partial charge in [0.05, 0.1) is 24.6 Å². The Morgan fingerprint density at radius 1 is 1.16 bits per heavy atom. The van der Waals surface area contributed by atoms with Crippen LogP contribution in [0.5, 0.6) is 5.88 Å². The number of piperidine rings is 1. The van der Waals surface area contributed by atoms with E-state index in [1.807, 2.05) is 6.07 Å².